The van der Waals surface area contributed by atoms with E-state index in [0.717, 1.165) is 0 Å². The minimum Gasteiger partial charge on any atom is -0.396 e. The van der Waals surface area contributed by atoms with Gasteiger partial charge in [0.25, 0.3) is 0 Å². The topological polar surface area (TPSA) is 63.8 Å². The number of hydrogen-bond acceptors (Lipinski definition) is 4. The molecule has 0 bridgehead atoms. The third kappa shape index (κ3) is 2.74. The van der Waals surface area contributed by atoms with Crippen LogP contribution in [0.25, 0.3) is 0 Å². The van der Waals surface area contributed by atoms with Crippen molar-refractivity contribution in [1.82, 2.24) is 9.97 Å². The molecule has 0 atom stereocenters. The van der Waals surface area contributed by atoms with Crippen LogP contribution in [-0.4, -0.2) is 15.5 Å². The van der Waals surface area contributed by atoms with E-state index in [0.29, 0.717) is 11.6 Å². The van der Waals surface area contributed by atoms with Crippen LogP contribution in [0.4, 0.5) is 11.6 Å². The Morgan fingerprint density at radius 1 is 1.25 bits per heavy atom. The Balaban J connectivity index is 2.71. The third-order valence-electron chi connectivity index (χ3n) is 1.16. The van der Waals surface area contributed by atoms with Crippen LogP contribution in [0.1, 0.15) is 20.8 Å². The molecule has 1 aromatic heterocycles. The maximum absolute atomic E-state index is 5.44. The fraction of sp³-hybridized carbons (Fsp3) is 0.500. The molecule has 0 aliphatic heterocycles. The average molecular weight is 166 g/mol. The first-order valence-corrected chi connectivity index (χ1v) is 3.83. The number of nitrogens with zero attached hydrogens (tertiary/aromatic N) is 2. The summed E-state index contributed by atoms with van der Waals surface area (Å²) in [6.45, 7) is 6.14. The van der Waals surface area contributed by atoms with Crippen molar-refractivity contribution in [3.8, 4) is 0 Å². The van der Waals surface area contributed by atoms with Gasteiger partial charge in [-0.3, -0.25) is 0 Å². The molecule has 0 radical (unpaired) electrons. The summed E-state index contributed by atoms with van der Waals surface area (Å²) in [5.41, 5.74) is 6.00. The molecule has 0 saturated carbocycles. The molecule has 3 N–H and O–H groups in total. The highest BCUT2D eigenvalue weighted by molar-refractivity contribution is 5.36. The molecule has 0 unspecified atom stereocenters. The number of nitrogens with two attached hydrogens (primary N) is 1. The average Bonchev–Trinajstić information content (AvgIpc) is 1.91. The minimum atomic E-state index is -0.0177. The molecule has 1 rings (SSSR count). The van der Waals surface area contributed by atoms with E-state index in [2.05, 4.69) is 15.3 Å². The van der Waals surface area contributed by atoms with Crippen LogP contribution in [0, 0.1) is 0 Å². The zero-order valence-electron chi connectivity index (χ0n) is 7.63. The number of anilines is 2. The van der Waals surface area contributed by atoms with Crippen LogP contribution in [0.15, 0.2) is 12.4 Å². The molecule has 0 fully saturated rings. The monoisotopic (exact) mass is 166 g/mol. The second-order valence-corrected chi connectivity index (χ2v) is 3.72. The Kier molecular flexibility index (Phi) is 2.17. The maximum Gasteiger partial charge on any atom is 0.223 e. The summed E-state index contributed by atoms with van der Waals surface area (Å²) < 4.78 is 0. The van der Waals surface area contributed by atoms with Crippen molar-refractivity contribution in [2.45, 2.75) is 26.3 Å². The Morgan fingerprint density at radius 3 is 2.17 bits per heavy atom. The van der Waals surface area contributed by atoms with Gasteiger partial charge in [0.15, 0.2) is 0 Å². The molecular weight excluding hydrogens is 152 g/mol. The molecule has 0 aliphatic rings. The lowest BCUT2D eigenvalue weighted by Crippen LogP contribution is -2.27. The van der Waals surface area contributed by atoms with Crippen LogP contribution in [0.5, 0.6) is 0 Å². The lowest BCUT2D eigenvalue weighted by Gasteiger charge is -2.19. The van der Waals surface area contributed by atoms with Crippen molar-refractivity contribution in [3.63, 3.8) is 0 Å². The van der Waals surface area contributed by atoms with Gasteiger partial charge in [-0.2, -0.15) is 0 Å². The van der Waals surface area contributed by atoms with E-state index in [1.54, 1.807) is 12.4 Å². The van der Waals surface area contributed by atoms with Crippen molar-refractivity contribution in [2.24, 2.45) is 0 Å². The fourth-order valence-corrected chi connectivity index (χ4v) is 0.738. The summed E-state index contributed by atoms with van der Waals surface area (Å²) in [5, 5.41) is 3.13. The predicted molar refractivity (Wildman–Crippen MR) is 49.8 cm³/mol. The summed E-state index contributed by atoms with van der Waals surface area (Å²) in [6, 6.07) is 0. The second kappa shape index (κ2) is 2.97. The van der Waals surface area contributed by atoms with Crippen molar-refractivity contribution in [1.29, 1.82) is 0 Å². The molecule has 0 amide bonds. The summed E-state index contributed by atoms with van der Waals surface area (Å²) in [5.74, 6) is 0.608. The van der Waals surface area contributed by atoms with Crippen molar-refractivity contribution < 1.29 is 0 Å². The van der Waals surface area contributed by atoms with Crippen LogP contribution >= 0.6 is 0 Å². The number of nitrogens with one attached hydrogen (secondary N) is 1. The number of rotatable bonds is 1. The van der Waals surface area contributed by atoms with Crippen molar-refractivity contribution in [2.75, 3.05) is 11.1 Å². The van der Waals surface area contributed by atoms with Gasteiger partial charge in [-0.15, -0.1) is 0 Å². The molecule has 0 aromatic carbocycles. The van der Waals surface area contributed by atoms with E-state index >= 15 is 0 Å². The molecule has 4 nitrogen and oxygen atoms in total. The van der Waals surface area contributed by atoms with E-state index < -0.39 is 0 Å². The van der Waals surface area contributed by atoms with Gasteiger partial charge in [0.1, 0.15) is 0 Å². The number of nitrogen functional groups attached to an aromatic ring is 1. The molecule has 4 heteroatoms. The fourth-order valence-electron chi connectivity index (χ4n) is 0.738. The first-order chi connectivity index (χ1) is 5.47. The molecule has 0 aliphatic carbocycles. The lowest BCUT2D eigenvalue weighted by atomic mass is 10.1. The van der Waals surface area contributed by atoms with Crippen LogP contribution in [-0.2, 0) is 0 Å². The van der Waals surface area contributed by atoms with Gasteiger partial charge in [-0.05, 0) is 20.8 Å². The van der Waals surface area contributed by atoms with E-state index in [1.807, 2.05) is 20.8 Å². The van der Waals surface area contributed by atoms with Gasteiger partial charge in [0, 0.05) is 5.54 Å². The van der Waals surface area contributed by atoms with E-state index in [4.69, 9.17) is 5.73 Å². The van der Waals surface area contributed by atoms with Gasteiger partial charge >= 0.3 is 0 Å². The van der Waals surface area contributed by atoms with Crippen LogP contribution in [0.3, 0.4) is 0 Å². The van der Waals surface area contributed by atoms with E-state index in [-0.39, 0.29) is 5.54 Å². The number of hydrogen-bond donors (Lipinski definition) is 2. The molecule has 66 valence electrons. The maximum atomic E-state index is 5.44. The smallest absolute Gasteiger partial charge is 0.223 e. The van der Waals surface area contributed by atoms with Crippen LogP contribution in [0.2, 0.25) is 0 Å². The van der Waals surface area contributed by atoms with Gasteiger partial charge in [-0.25, -0.2) is 9.97 Å². The van der Waals surface area contributed by atoms with Crippen molar-refractivity contribution in [3.05, 3.63) is 12.4 Å². The molecule has 12 heavy (non-hydrogen) atoms. The third-order valence-corrected chi connectivity index (χ3v) is 1.16. The van der Waals surface area contributed by atoms with Crippen molar-refractivity contribution >= 4 is 11.6 Å². The van der Waals surface area contributed by atoms with E-state index in [9.17, 15) is 0 Å². The lowest BCUT2D eigenvalue weighted by molar-refractivity contribution is 0.626. The summed E-state index contributed by atoms with van der Waals surface area (Å²) in [6.07, 6.45) is 3.17. The SMILES string of the molecule is CC(C)(C)Nc1ncc(N)cn1. The van der Waals surface area contributed by atoms with Crippen LogP contribution < -0.4 is 11.1 Å². The second-order valence-electron chi connectivity index (χ2n) is 3.72. The first kappa shape index (κ1) is 8.77. The summed E-state index contributed by atoms with van der Waals surface area (Å²) in [4.78, 5) is 8.03. The normalized spacial score (nSPS) is 11.2. The Labute approximate surface area is 72.2 Å². The van der Waals surface area contributed by atoms with Gasteiger partial charge in [0.05, 0.1) is 18.1 Å². The van der Waals surface area contributed by atoms with Gasteiger partial charge in [0.2, 0.25) is 5.95 Å². The Morgan fingerprint density at radius 2 is 1.75 bits per heavy atom. The molecule has 1 aromatic rings. The molecule has 0 spiro atoms. The first-order valence-electron chi connectivity index (χ1n) is 3.83. The van der Waals surface area contributed by atoms with Gasteiger partial charge < -0.3 is 11.1 Å². The molecule has 0 saturated heterocycles. The molecular formula is C8H14N4. The standard InChI is InChI=1S/C8H14N4/c1-8(2,3)12-7-10-4-6(9)5-11-7/h4-5H,9H2,1-3H3,(H,10,11,12). The Bertz CT molecular complexity index is 247. The summed E-state index contributed by atoms with van der Waals surface area (Å²) >= 11 is 0. The van der Waals surface area contributed by atoms with Gasteiger partial charge in [-0.1, -0.05) is 0 Å². The highest BCUT2D eigenvalue weighted by Gasteiger charge is 2.10. The van der Waals surface area contributed by atoms with E-state index in [1.165, 1.54) is 0 Å². The largest absolute Gasteiger partial charge is 0.396 e. The zero-order chi connectivity index (χ0) is 9.19. The predicted octanol–water partition coefficient (Wildman–Crippen LogP) is 1.27. The summed E-state index contributed by atoms with van der Waals surface area (Å²) in [7, 11) is 0. The zero-order valence-corrected chi connectivity index (χ0v) is 7.63. The minimum absolute atomic E-state index is 0.0177. The quantitative estimate of drug-likeness (QED) is 0.659. The Hall–Kier alpha value is -1.32. The highest BCUT2D eigenvalue weighted by Crippen LogP contribution is 2.09. The molecule has 1 heterocycles. The highest BCUT2D eigenvalue weighted by atomic mass is 15.1. The number of aromatic nitrogens is 2.